The van der Waals surface area contributed by atoms with Gasteiger partial charge in [-0.05, 0) is 47.5 Å². The molecular formula is C31H28O5. The Hall–Kier alpha value is -4.51. The minimum absolute atomic E-state index is 0.187. The van der Waals surface area contributed by atoms with Gasteiger partial charge in [0.05, 0.1) is 19.8 Å². The lowest BCUT2D eigenvalue weighted by atomic mass is 10.1. The molecule has 0 aliphatic heterocycles. The summed E-state index contributed by atoms with van der Waals surface area (Å²) >= 11 is 0. The smallest absolute Gasteiger partial charge is 0.189 e. The van der Waals surface area contributed by atoms with Crippen molar-refractivity contribution in [2.45, 2.75) is 13.2 Å². The first-order chi connectivity index (χ1) is 17.7. The molecule has 0 aliphatic rings. The molecule has 0 unspecified atom stereocenters. The Kier molecular flexibility index (Phi) is 8.39. The van der Waals surface area contributed by atoms with Crippen molar-refractivity contribution in [2.75, 3.05) is 14.2 Å². The summed E-state index contributed by atoms with van der Waals surface area (Å²) in [6.45, 7) is 0.841. The zero-order valence-corrected chi connectivity index (χ0v) is 20.3. The van der Waals surface area contributed by atoms with Gasteiger partial charge in [0.25, 0.3) is 0 Å². The van der Waals surface area contributed by atoms with Crippen LogP contribution in [0, 0.1) is 0 Å². The fraction of sp³-hybridized carbons (Fsp3) is 0.129. The fourth-order valence-electron chi connectivity index (χ4n) is 3.60. The molecule has 0 amide bonds. The van der Waals surface area contributed by atoms with Gasteiger partial charge in [-0.25, -0.2) is 0 Å². The van der Waals surface area contributed by atoms with Crippen LogP contribution in [0.5, 0.6) is 23.0 Å². The van der Waals surface area contributed by atoms with Crippen LogP contribution in [0.25, 0.3) is 6.08 Å². The van der Waals surface area contributed by atoms with E-state index < -0.39 is 0 Å². The Bertz CT molecular complexity index is 1310. The highest BCUT2D eigenvalue weighted by molar-refractivity contribution is 6.08. The van der Waals surface area contributed by atoms with Gasteiger partial charge in [0, 0.05) is 17.7 Å². The van der Waals surface area contributed by atoms with Gasteiger partial charge in [0.15, 0.2) is 5.78 Å². The summed E-state index contributed by atoms with van der Waals surface area (Å²) in [7, 11) is 3.10. The number of carbonyl (C=O) groups excluding carboxylic acids is 1. The van der Waals surface area contributed by atoms with E-state index in [0.29, 0.717) is 41.8 Å². The van der Waals surface area contributed by atoms with Gasteiger partial charge in [-0.1, -0.05) is 60.7 Å². The molecule has 0 heterocycles. The van der Waals surface area contributed by atoms with Gasteiger partial charge in [0.1, 0.15) is 36.2 Å². The van der Waals surface area contributed by atoms with Gasteiger partial charge in [-0.15, -0.1) is 0 Å². The largest absolute Gasteiger partial charge is 0.497 e. The van der Waals surface area contributed by atoms with Crippen LogP contribution in [-0.2, 0) is 13.2 Å². The Morgan fingerprint density at radius 3 is 1.92 bits per heavy atom. The molecule has 0 aromatic heterocycles. The summed E-state index contributed by atoms with van der Waals surface area (Å²) in [4.78, 5) is 12.9. The number of hydrogen-bond donors (Lipinski definition) is 0. The maximum atomic E-state index is 12.9. The summed E-state index contributed by atoms with van der Waals surface area (Å²) in [5.74, 6) is 2.19. The normalized spacial score (nSPS) is 10.7. The molecule has 0 saturated heterocycles. The standard InChI is InChI=1S/C31H28O5/c1-33-26-16-17-28(31(19-26)34-2)29(32)18-14-25-13-15-27(35-21-23-9-5-3-6-10-23)20-30(25)36-22-24-11-7-4-8-12-24/h3-20H,21-22H2,1-2H3. The van der Waals surface area contributed by atoms with E-state index in [4.69, 9.17) is 18.9 Å². The molecule has 0 fully saturated rings. The van der Waals surface area contributed by atoms with Crippen molar-refractivity contribution in [3.63, 3.8) is 0 Å². The summed E-state index contributed by atoms with van der Waals surface area (Å²) in [5.41, 5.74) is 3.33. The van der Waals surface area contributed by atoms with Crippen LogP contribution in [0.2, 0.25) is 0 Å². The molecule has 0 aliphatic carbocycles. The van der Waals surface area contributed by atoms with Crippen LogP contribution in [0.1, 0.15) is 27.0 Å². The second-order valence-electron chi connectivity index (χ2n) is 8.01. The van der Waals surface area contributed by atoms with Crippen molar-refractivity contribution in [3.8, 4) is 23.0 Å². The number of ketones is 1. The predicted molar refractivity (Wildman–Crippen MR) is 141 cm³/mol. The van der Waals surface area contributed by atoms with Crippen molar-refractivity contribution in [2.24, 2.45) is 0 Å². The molecule has 0 bridgehead atoms. The SMILES string of the molecule is COc1ccc(C(=O)C=Cc2ccc(OCc3ccccc3)cc2OCc2ccccc2)c(OC)c1. The zero-order chi connectivity index (χ0) is 25.2. The molecule has 4 rings (SSSR count). The van der Waals surface area contributed by atoms with E-state index in [1.807, 2.05) is 78.9 Å². The summed E-state index contributed by atoms with van der Waals surface area (Å²) in [6.07, 6.45) is 3.26. The van der Waals surface area contributed by atoms with Gasteiger partial charge < -0.3 is 18.9 Å². The van der Waals surface area contributed by atoms with Crippen LogP contribution in [-0.4, -0.2) is 20.0 Å². The highest BCUT2D eigenvalue weighted by Crippen LogP contribution is 2.29. The lowest BCUT2D eigenvalue weighted by molar-refractivity contribution is 0.104. The first-order valence-electron chi connectivity index (χ1n) is 11.6. The van der Waals surface area contributed by atoms with Crippen LogP contribution < -0.4 is 18.9 Å². The topological polar surface area (TPSA) is 54.0 Å². The van der Waals surface area contributed by atoms with Crippen molar-refractivity contribution in [1.82, 2.24) is 0 Å². The molecule has 5 nitrogen and oxygen atoms in total. The Balaban J connectivity index is 1.55. The minimum atomic E-state index is -0.187. The van der Waals surface area contributed by atoms with Gasteiger partial charge in [0.2, 0.25) is 0 Å². The van der Waals surface area contributed by atoms with Crippen LogP contribution in [0.15, 0.2) is 103 Å². The van der Waals surface area contributed by atoms with Gasteiger partial charge >= 0.3 is 0 Å². The molecule has 5 heteroatoms. The molecular weight excluding hydrogens is 452 g/mol. The van der Waals surface area contributed by atoms with E-state index in [1.54, 1.807) is 31.4 Å². The fourth-order valence-corrected chi connectivity index (χ4v) is 3.60. The number of ether oxygens (including phenoxy) is 4. The highest BCUT2D eigenvalue weighted by Gasteiger charge is 2.12. The lowest BCUT2D eigenvalue weighted by Gasteiger charge is -2.13. The van der Waals surface area contributed by atoms with E-state index in [0.717, 1.165) is 16.7 Å². The summed E-state index contributed by atoms with van der Waals surface area (Å²) in [6, 6.07) is 30.6. The third-order valence-electron chi connectivity index (χ3n) is 5.56. The lowest BCUT2D eigenvalue weighted by Crippen LogP contribution is -2.01. The summed E-state index contributed by atoms with van der Waals surface area (Å²) in [5, 5.41) is 0. The van der Waals surface area contributed by atoms with Crippen molar-refractivity contribution < 1.29 is 23.7 Å². The molecule has 0 radical (unpaired) electrons. The monoisotopic (exact) mass is 480 g/mol. The van der Waals surface area contributed by atoms with Gasteiger partial charge in [-0.3, -0.25) is 4.79 Å². The molecule has 0 atom stereocenters. The first kappa shape index (κ1) is 24.6. The van der Waals surface area contributed by atoms with Crippen LogP contribution in [0.3, 0.4) is 0 Å². The molecule has 4 aromatic carbocycles. The molecule has 0 N–H and O–H groups in total. The molecule has 182 valence electrons. The molecule has 36 heavy (non-hydrogen) atoms. The average molecular weight is 481 g/mol. The van der Waals surface area contributed by atoms with E-state index in [-0.39, 0.29) is 5.78 Å². The van der Waals surface area contributed by atoms with E-state index in [9.17, 15) is 4.79 Å². The average Bonchev–Trinajstić information content (AvgIpc) is 2.94. The van der Waals surface area contributed by atoms with Crippen molar-refractivity contribution >= 4 is 11.9 Å². The Labute approximate surface area is 211 Å². The highest BCUT2D eigenvalue weighted by atomic mass is 16.5. The number of rotatable bonds is 11. The number of hydrogen-bond acceptors (Lipinski definition) is 5. The van der Waals surface area contributed by atoms with E-state index >= 15 is 0 Å². The maximum absolute atomic E-state index is 12.9. The minimum Gasteiger partial charge on any atom is -0.497 e. The van der Waals surface area contributed by atoms with Gasteiger partial charge in [-0.2, -0.15) is 0 Å². The second-order valence-corrected chi connectivity index (χ2v) is 8.01. The predicted octanol–water partition coefficient (Wildman–Crippen LogP) is 6.76. The number of methoxy groups -OCH3 is 2. The molecule has 4 aromatic rings. The molecule has 0 spiro atoms. The number of allylic oxidation sites excluding steroid dienone is 1. The molecule has 0 saturated carbocycles. The summed E-state index contributed by atoms with van der Waals surface area (Å²) < 4.78 is 22.7. The maximum Gasteiger partial charge on any atom is 0.189 e. The van der Waals surface area contributed by atoms with Crippen molar-refractivity contribution in [1.29, 1.82) is 0 Å². The Morgan fingerprint density at radius 1 is 0.667 bits per heavy atom. The number of carbonyl (C=O) groups is 1. The first-order valence-corrected chi connectivity index (χ1v) is 11.6. The van der Waals surface area contributed by atoms with Crippen LogP contribution >= 0.6 is 0 Å². The Morgan fingerprint density at radius 2 is 1.28 bits per heavy atom. The second kappa shape index (κ2) is 12.3. The van der Waals surface area contributed by atoms with E-state index in [1.165, 1.54) is 13.2 Å². The van der Waals surface area contributed by atoms with Crippen molar-refractivity contribution in [3.05, 3.63) is 125 Å². The zero-order valence-electron chi connectivity index (χ0n) is 20.3. The van der Waals surface area contributed by atoms with Crippen LogP contribution in [0.4, 0.5) is 0 Å². The third kappa shape index (κ3) is 6.54. The number of benzene rings is 4. The van der Waals surface area contributed by atoms with E-state index in [2.05, 4.69) is 0 Å². The third-order valence-corrected chi connectivity index (χ3v) is 5.56. The quantitative estimate of drug-likeness (QED) is 0.175.